The zero-order chi connectivity index (χ0) is 11.0. The molecule has 14 heavy (non-hydrogen) atoms. The Balaban J connectivity index is 3.39. The Morgan fingerprint density at radius 2 is 1.50 bits per heavy atom. The maximum atomic E-state index is 5.47. The minimum Gasteiger partial charge on any atom is -0.356 e. The van der Waals surface area contributed by atoms with E-state index >= 15 is 0 Å². The predicted octanol–water partition coefficient (Wildman–Crippen LogP) is 1.78. The first-order chi connectivity index (χ1) is 6.60. The second-order valence-corrected chi connectivity index (χ2v) is 3.21. The van der Waals surface area contributed by atoms with E-state index in [4.69, 9.17) is 18.9 Å². The summed E-state index contributed by atoms with van der Waals surface area (Å²) >= 11 is 0. The molecular formula is C10H22O4. The van der Waals surface area contributed by atoms with Crippen molar-refractivity contribution in [2.45, 2.75) is 45.9 Å². The molecule has 4 nitrogen and oxygen atoms in total. The SMILES string of the molecule is COC(C)OCCC(C)OC(C)OC. The zero-order valence-electron chi connectivity index (χ0n) is 9.78. The Hall–Kier alpha value is -0.160. The molecule has 0 heterocycles. The normalized spacial score (nSPS) is 17.8. The van der Waals surface area contributed by atoms with Gasteiger partial charge in [0.1, 0.15) is 0 Å². The maximum Gasteiger partial charge on any atom is 0.154 e. The summed E-state index contributed by atoms with van der Waals surface area (Å²) in [5.41, 5.74) is 0. The topological polar surface area (TPSA) is 36.9 Å². The summed E-state index contributed by atoms with van der Waals surface area (Å²) in [7, 11) is 3.25. The van der Waals surface area contributed by atoms with Crippen LogP contribution in [0.15, 0.2) is 0 Å². The second-order valence-electron chi connectivity index (χ2n) is 3.21. The van der Waals surface area contributed by atoms with Gasteiger partial charge in [-0.15, -0.1) is 0 Å². The third kappa shape index (κ3) is 7.26. The first-order valence-electron chi connectivity index (χ1n) is 4.92. The third-order valence-electron chi connectivity index (χ3n) is 1.96. The fourth-order valence-corrected chi connectivity index (χ4v) is 0.919. The highest BCUT2D eigenvalue weighted by Gasteiger charge is 2.08. The van der Waals surface area contributed by atoms with Crippen molar-refractivity contribution in [2.75, 3.05) is 20.8 Å². The molecule has 0 aromatic heterocycles. The minimum absolute atomic E-state index is 0.133. The second kappa shape index (κ2) is 8.17. The van der Waals surface area contributed by atoms with Crippen LogP contribution < -0.4 is 0 Å². The molecule has 0 N–H and O–H groups in total. The molecule has 3 unspecified atom stereocenters. The fourth-order valence-electron chi connectivity index (χ4n) is 0.919. The van der Waals surface area contributed by atoms with Crippen molar-refractivity contribution in [1.29, 1.82) is 0 Å². The van der Waals surface area contributed by atoms with Gasteiger partial charge in [-0.2, -0.15) is 0 Å². The van der Waals surface area contributed by atoms with E-state index in [0.717, 1.165) is 6.42 Å². The fraction of sp³-hybridized carbons (Fsp3) is 1.00. The number of rotatable bonds is 8. The molecule has 0 aliphatic carbocycles. The smallest absolute Gasteiger partial charge is 0.154 e. The minimum atomic E-state index is -0.162. The van der Waals surface area contributed by atoms with E-state index in [1.54, 1.807) is 14.2 Å². The summed E-state index contributed by atoms with van der Waals surface area (Å²) in [5, 5.41) is 0. The predicted molar refractivity (Wildman–Crippen MR) is 54.1 cm³/mol. The van der Waals surface area contributed by atoms with Crippen molar-refractivity contribution in [3.8, 4) is 0 Å². The van der Waals surface area contributed by atoms with Gasteiger partial charge >= 0.3 is 0 Å². The molecule has 0 aliphatic rings. The van der Waals surface area contributed by atoms with Crippen molar-refractivity contribution in [2.24, 2.45) is 0 Å². The first kappa shape index (κ1) is 13.8. The number of ether oxygens (including phenoxy) is 4. The van der Waals surface area contributed by atoms with E-state index in [1.807, 2.05) is 20.8 Å². The van der Waals surface area contributed by atoms with Gasteiger partial charge in [0.15, 0.2) is 12.6 Å². The van der Waals surface area contributed by atoms with Crippen LogP contribution in [0.1, 0.15) is 27.2 Å². The van der Waals surface area contributed by atoms with Gasteiger partial charge in [-0.25, -0.2) is 0 Å². The van der Waals surface area contributed by atoms with E-state index in [1.165, 1.54) is 0 Å². The van der Waals surface area contributed by atoms with Crippen LogP contribution in [0.3, 0.4) is 0 Å². The maximum absolute atomic E-state index is 5.47. The highest BCUT2D eigenvalue weighted by molar-refractivity contribution is 4.50. The molecule has 0 saturated carbocycles. The van der Waals surface area contributed by atoms with Gasteiger partial charge in [0.05, 0.1) is 12.7 Å². The lowest BCUT2D eigenvalue weighted by molar-refractivity contribution is -0.154. The number of hydrogen-bond donors (Lipinski definition) is 0. The summed E-state index contributed by atoms with van der Waals surface area (Å²) in [6.45, 7) is 6.36. The average Bonchev–Trinajstić information content (AvgIpc) is 2.17. The van der Waals surface area contributed by atoms with Gasteiger partial charge in [-0.1, -0.05) is 0 Å². The molecule has 0 rings (SSSR count). The Morgan fingerprint density at radius 3 is 2.00 bits per heavy atom. The van der Waals surface area contributed by atoms with Gasteiger partial charge in [0.25, 0.3) is 0 Å². The molecule has 0 spiro atoms. The third-order valence-corrected chi connectivity index (χ3v) is 1.96. The summed E-state index contributed by atoms with van der Waals surface area (Å²) in [6.07, 6.45) is 0.655. The van der Waals surface area contributed by atoms with E-state index in [-0.39, 0.29) is 18.7 Å². The summed E-state index contributed by atoms with van der Waals surface area (Å²) in [6, 6.07) is 0. The quantitative estimate of drug-likeness (QED) is 0.567. The molecule has 86 valence electrons. The molecule has 3 atom stereocenters. The van der Waals surface area contributed by atoms with Crippen molar-refractivity contribution in [3.63, 3.8) is 0 Å². The first-order valence-corrected chi connectivity index (χ1v) is 4.92. The van der Waals surface area contributed by atoms with Crippen molar-refractivity contribution in [3.05, 3.63) is 0 Å². The molecule has 0 radical (unpaired) electrons. The molecule has 0 bridgehead atoms. The summed E-state index contributed by atoms with van der Waals surface area (Å²) < 4.78 is 20.7. The van der Waals surface area contributed by atoms with Crippen LogP contribution in [0.25, 0.3) is 0 Å². The molecular weight excluding hydrogens is 184 g/mol. The van der Waals surface area contributed by atoms with Gasteiger partial charge < -0.3 is 18.9 Å². The Morgan fingerprint density at radius 1 is 0.929 bits per heavy atom. The van der Waals surface area contributed by atoms with Crippen LogP contribution in [0.4, 0.5) is 0 Å². The van der Waals surface area contributed by atoms with E-state index in [9.17, 15) is 0 Å². The molecule has 0 aromatic carbocycles. The highest BCUT2D eigenvalue weighted by Crippen LogP contribution is 2.04. The van der Waals surface area contributed by atoms with Crippen molar-refractivity contribution in [1.82, 2.24) is 0 Å². The standard InChI is InChI=1S/C10H22O4/c1-8(14-10(3)12-5)6-7-13-9(2)11-4/h8-10H,6-7H2,1-5H3. The average molecular weight is 206 g/mol. The van der Waals surface area contributed by atoms with E-state index in [0.29, 0.717) is 6.61 Å². The summed E-state index contributed by atoms with van der Waals surface area (Å²) in [5.74, 6) is 0. The lowest BCUT2D eigenvalue weighted by Gasteiger charge is -2.18. The lowest BCUT2D eigenvalue weighted by Crippen LogP contribution is -2.21. The Kier molecular flexibility index (Phi) is 8.08. The van der Waals surface area contributed by atoms with Crippen molar-refractivity contribution < 1.29 is 18.9 Å². The van der Waals surface area contributed by atoms with Crippen LogP contribution in [0, 0.1) is 0 Å². The van der Waals surface area contributed by atoms with E-state index in [2.05, 4.69) is 0 Å². The monoisotopic (exact) mass is 206 g/mol. The molecule has 4 heteroatoms. The largest absolute Gasteiger partial charge is 0.356 e. The van der Waals surface area contributed by atoms with E-state index < -0.39 is 0 Å². The number of hydrogen-bond acceptors (Lipinski definition) is 4. The highest BCUT2D eigenvalue weighted by atomic mass is 16.7. The number of methoxy groups -OCH3 is 2. The van der Waals surface area contributed by atoms with Crippen LogP contribution in [-0.2, 0) is 18.9 Å². The summed E-state index contributed by atoms with van der Waals surface area (Å²) in [4.78, 5) is 0. The van der Waals surface area contributed by atoms with Crippen LogP contribution in [-0.4, -0.2) is 39.5 Å². The Labute approximate surface area is 86.5 Å². The van der Waals surface area contributed by atoms with Gasteiger partial charge in [0.2, 0.25) is 0 Å². The van der Waals surface area contributed by atoms with Crippen LogP contribution in [0.2, 0.25) is 0 Å². The van der Waals surface area contributed by atoms with Gasteiger partial charge in [0, 0.05) is 14.2 Å². The lowest BCUT2D eigenvalue weighted by atomic mass is 10.3. The van der Waals surface area contributed by atoms with Crippen molar-refractivity contribution >= 4 is 0 Å². The Bertz CT molecular complexity index is 129. The van der Waals surface area contributed by atoms with Crippen LogP contribution >= 0.6 is 0 Å². The zero-order valence-corrected chi connectivity index (χ0v) is 9.78. The van der Waals surface area contributed by atoms with Gasteiger partial charge in [-0.05, 0) is 27.2 Å². The van der Waals surface area contributed by atoms with Gasteiger partial charge in [-0.3, -0.25) is 0 Å². The van der Waals surface area contributed by atoms with Crippen LogP contribution in [0.5, 0.6) is 0 Å². The molecule has 0 aromatic rings. The molecule has 0 saturated heterocycles. The molecule has 0 aliphatic heterocycles. The molecule has 0 amide bonds. The molecule has 0 fully saturated rings.